The van der Waals surface area contributed by atoms with Gasteiger partial charge in [-0.1, -0.05) is 35.9 Å². The summed E-state index contributed by atoms with van der Waals surface area (Å²) in [4.78, 5) is 26.9. The fourth-order valence-electron chi connectivity index (χ4n) is 3.74. The number of morpholine rings is 1. The highest BCUT2D eigenvalue weighted by molar-refractivity contribution is 7.89. The van der Waals surface area contributed by atoms with E-state index in [1.807, 2.05) is 0 Å². The third-order valence-corrected chi connectivity index (χ3v) is 7.69. The van der Waals surface area contributed by atoms with E-state index < -0.39 is 27.5 Å². The number of ether oxygens (including phenoxy) is 1. The molecule has 0 saturated carbocycles. The Labute approximate surface area is 185 Å². The van der Waals surface area contributed by atoms with Crippen molar-refractivity contribution in [2.24, 2.45) is 0 Å². The summed E-state index contributed by atoms with van der Waals surface area (Å²) >= 11 is 5.93. The third kappa shape index (κ3) is 4.06. The molecule has 2 aliphatic heterocycles. The van der Waals surface area contributed by atoms with Gasteiger partial charge < -0.3 is 10.1 Å². The molecule has 0 aromatic heterocycles. The van der Waals surface area contributed by atoms with Gasteiger partial charge in [-0.15, -0.1) is 0 Å². The van der Waals surface area contributed by atoms with Crippen LogP contribution in [0.15, 0.2) is 53.4 Å². The first-order chi connectivity index (χ1) is 14.7. The second-order valence-electron chi connectivity index (χ2n) is 7.62. The average molecular weight is 464 g/mol. The van der Waals surface area contributed by atoms with E-state index in [0.29, 0.717) is 42.5 Å². The van der Waals surface area contributed by atoms with E-state index in [2.05, 4.69) is 5.32 Å². The SMILES string of the molecule is CC1(c2ccc(Cl)cc2)NC(=O)N(Cc2cccc(S(=O)(=O)N3CCOCC3)c2)C1=O. The minimum atomic E-state index is -3.68. The Morgan fingerprint density at radius 1 is 1.10 bits per heavy atom. The lowest BCUT2D eigenvalue weighted by molar-refractivity contribution is -0.131. The molecule has 4 rings (SSSR count). The smallest absolute Gasteiger partial charge is 0.325 e. The number of benzene rings is 2. The van der Waals surface area contributed by atoms with Gasteiger partial charge in [-0.05, 0) is 42.3 Å². The molecule has 2 heterocycles. The minimum absolute atomic E-state index is 0.0414. The Bertz CT molecular complexity index is 1120. The van der Waals surface area contributed by atoms with E-state index >= 15 is 0 Å². The second-order valence-corrected chi connectivity index (χ2v) is 9.99. The van der Waals surface area contributed by atoms with Crippen LogP contribution in [0.1, 0.15) is 18.1 Å². The standard InChI is InChI=1S/C21H22ClN3O5S/c1-21(16-5-7-17(22)8-6-16)19(26)25(20(27)23-21)14-15-3-2-4-18(13-15)31(28,29)24-9-11-30-12-10-24/h2-8,13H,9-12,14H2,1H3,(H,23,27). The maximum absolute atomic E-state index is 13.1. The van der Waals surface area contributed by atoms with Crippen LogP contribution in [0.4, 0.5) is 4.79 Å². The van der Waals surface area contributed by atoms with Crippen LogP contribution in [-0.2, 0) is 31.6 Å². The van der Waals surface area contributed by atoms with Gasteiger partial charge in [-0.2, -0.15) is 4.31 Å². The molecule has 1 N–H and O–H groups in total. The van der Waals surface area contributed by atoms with Gasteiger partial charge in [-0.3, -0.25) is 9.69 Å². The van der Waals surface area contributed by atoms with Crippen molar-refractivity contribution in [2.75, 3.05) is 26.3 Å². The Kier molecular flexibility index (Phi) is 5.78. The summed E-state index contributed by atoms with van der Waals surface area (Å²) in [5.74, 6) is -0.415. The predicted octanol–water partition coefficient (Wildman–Crippen LogP) is 2.33. The zero-order chi connectivity index (χ0) is 22.2. The number of rotatable bonds is 5. The summed E-state index contributed by atoms with van der Waals surface area (Å²) in [6.07, 6.45) is 0. The van der Waals surface area contributed by atoms with Crippen LogP contribution in [0.5, 0.6) is 0 Å². The Balaban J connectivity index is 1.57. The van der Waals surface area contributed by atoms with Gasteiger partial charge in [0.25, 0.3) is 5.91 Å². The number of carbonyl (C=O) groups excluding carboxylic acids is 2. The molecule has 3 amide bonds. The lowest BCUT2D eigenvalue weighted by atomic mass is 9.92. The highest BCUT2D eigenvalue weighted by atomic mass is 35.5. The Hall–Kier alpha value is -2.46. The quantitative estimate of drug-likeness (QED) is 0.686. The third-order valence-electron chi connectivity index (χ3n) is 5.54. The monoisotopic (exact) mass is 463 g/mol. The van der Waals surface area contributed by atoms with Gasteiger partial charge >= 0.3 is 6.03 Å². The fourth-order valence-corrected chi connectivity index (χ4v) is 5.35. The van der Waals surface area contributed by atoms with Crippen LogP contribution in [0.2, 0.25) is 5.02 Å². The Morgan fingerprint density at radius 2 is 1.77 bits per heavy atom. The molecule has 10 heteroatoms. The predicted molar refractivity (Wildman–Crippen MR) is 114 cm³/mol. The summed E-state index contributed by atoms with van der Waals surface area (Å²) in [6, 6.07) is 12.5. The van der Waals surface area contributed by atoms with Gasteiger partial charge in [0.1, 0.15) is 5.54 Å². The van der Waals surface area contributed by atoms with Crippen molar-refractivity contribution in [3.63, 3.8) is 0 Å². The van der Waals surface area contributed by atoms with Crippen molar-refractivity contribution in [1.82, 2.24) is 14.5 Å². The van der Waals surface area contributed by atoms with Gasteiger partial charge in [0.05, 0.1) is 24.7 Å². The van der Waals surface area contributed by atoms with E-state index in [1.165, 1.54) is 16.4 Å². The van der Waals surface area contributed by atoms with E-state index in [4.69, 9.17) is 16.3 Å². The summed E-state index contributed by atoms with van der Waals surface area (Å²) in [6.45, 7) is 2.88. The molecule has 0 bridgehead atoms. The number of amides is 3. The first kappa shape index (κ1) is 21.8. The Morgan fingerprint density at radius 3 is 2.45 bits per heavy atom. The van der Waals surface area contributed by atoms with Crippen molar-refractivity contribution in [1.29, 1.82) is 0 Å². The van der Waals surface area contributed by atoms with Crippen LogP contribution in [-0.4, -0.2) is 55.9 Å². The van der Waals surface area contributed by atoms with E-state index in [0.717, 1.165) is 4.90 Å². The maximum Gasteiger partial charge on any atom is 0.325 e. The minimum Gasteiger partial charge on any atom is -0.379 e. The summed E-state index contributed by atoms with van der Waals surface area (Å²) in [5, 5.41) is 3.26. The number of carbonyl (C=O) groups is 2. The largest absolute Gasteiger partial charge is 0.379 e. The highest BCUT2D eigenvalue weighted by Gasteiger charge is 2.48. The number of hydrogen-bond donors (Lipinski definition) is 1. The van der Waals surface area contributed by atoms with Crippen LogP contribution < -0.4 is 5.32 Å². The number of sulfonamides is 1. The van der Waals surface area contributed by atoms with E-state index in [-0.39, 0.29) is 11.4 Å². The number of halogens is 1. The van der Waals surface area contributed by atoms with Crippen LogP contribution in [0.25, 0.3) is 0 Å². The lowest BCUT2D eigenvalue weighted by Crippen LogP contribution is -2.41. The molecule has 164 valence electrons. The number of urea groups is 1. The van der Waals surface area contributed by atoms with Crippen molar-refractivity contribution in [3.8, 4) is 0 Å². The molecular weight excluding hydrogens is 442 g/mol. The lowest BCUT2D eigenvalue weighted by Gasteiger charge is -2.26. The van der Waals surface area contributed by atoms with Crippen molar-refractivity contribution in [2.45, 2.75) is 23.9 Å². The fraction of sp³-hybridized carbons (Fsp3) is 0.333. The van der Waals surface area contributed by atoms with Crippen molar-refractivity contribution < 1.29 is 22.7 Å². The molecule has 1 unspecified atom stereocenters. The van der Waals surface area contributed by atoms with Gasteiger partial charge in [-0.25, -0.2) is 13.2 Å². The first-order valence-electron chi connectivity index (χ1n) is 9.79. The van der Waals surface area contributed by atoms with Gasteiger partial charge in [0, 0.05) is 18.1 Å². The molecule has 2 aromatic carbocycles. The molecular formula is C21H22ClN3O5S. The molecule has 1 atom stereocenters. The molecule has 2 aromatic rings. The molecule has 0 spiro atoms. The average Bonchev–Trinajstić information content (AvgIpc) is 2.99. The summed E-state index contributed by atoms with van der Waals surface area (Å²) in [7, 11) is -3.68. The highest BCUT2D eigenvalue weighted by Crippen LogP contribution is 2.31. The topological polar surface area (TPSA) is 96.0 Å². The number of nitrogens with one attached hydrogen (secondary N) is 1. The number of hydrogen-bond acceptors (Lipinski definition) is 5. The number of nitrogens with zero attached hydrogens (tertiary/aromatic N) is 2. The van der Waals surface area contributed by atoms with E-state index in [1.54, 1.807) is 43.3 Å². The van der Waals surface area contributed by atoms with Crippen molar-refractivity contribution in [3.05, 3.63) is 64.7 Å². The molecule has 2 aliphatic rings. The maximum atomic E-state index is 13.1. The molecule has 0 aliphatic carbocycles. The van der Waals surface area contributed by atoms with Crippen LogP contribution >= 0.6 is 11.6 Å². The van der Waals surface area contributed by atoms with E-state index in [9.17, 15) is 18.0 Å². The molecule has 8 nitrogen and oxygen atoms in total. The van der Waals surface area contributed by atoms with Crippen molar-refractivity contribution >= 4 is 33.6 Å². The summed E-state index contributed by atoms with van der Waals surface area (Å²) in [5.41, 5.74) is -0.0707. The normalized spacial score (nSPS) is 22.6. The molecule has 0 radical (unpaired) electrons. The van der Waals surface area contributed by atoms with Crippen LogP contribution in [0, 0.1) is 0 Å². The van der Waals surface area contributed by atoms with Gasteiger partial charge in [0.15, 0.2) is 0 Å². The zero-order valence-corrected chi connectivity index (χ0v) is 18.4. The molecule has 2 fully saturated rings. The first-order valence-corrected chi connectivity index (χ1v) is 11.6. The summed E-state index contributed by atoms with van der Waals surface area (Å²) < 4.78 is 32.4. The van der Waals surface area contributed by atoms with Crippen LogP contribution in [0.3, 0.4) is 0 Å². The molecule has 31 heavy (non-hydrogen) atoms. The molecule has 2 saturated heterocycles. The second kappa shape index (κ2) is 8.23. The zero-order valence-electron chi connectivity index (χ0n) is 16.9. The number of imide groups is 1. The van der Waals surface area contributed by atoms with Gasteiger partial charge in [0.2, 0.25) is 10.0 Å².